The Morgan fingerprint density at radius 3 is 3.06 bits per heavy atom. The number of aromatic carboxylic acids is 1. The fraction of sp³-hybridized carbons (Fsp3) is 0.462. The van der Waals surface area contributed by atoms with Gasteiger partial charge in [0.05, 0.1) is 11.7 Å². The molecule has 0 saturated carbocycles. The van der Waals surface area contributed by atoms with Gasteiger partial charge in [0.25, 0.3) is 0 Å². The first kappa shape index (κ1) is 11.9. The summed E-state index contributed by atoms with van der Waals surface area (Å²) in [5, 5.41) is 12.1. The minimum absolute atomic E-state index is 0.247. The maximum Gasteiger partial charge on any atom is 0.335 e. The quantitative estimate of drug-likeness (QED) is 0.841. The van der Waals surface area contributed by atoms with Gasteiger partial charge in [0.15, 0.2) is 0 Å². The van der Waals surface area contributed by atoms with Crippen molar-refractivity contribution in [3.05, 3.63) is 29.8 Å². The second kappa shape index (κ2) is 5.68. The van der Waals surface area contributed by atoms with Gasteiger partial charge in [0, 0.05) is 18.8 Å². The summed E-state index contributed by atoms with van der Waals surface area (Å²) in [6.07, 6.45) is 3.68. The fourth-order valence-electron chi connectivity index (χ4n) is 1.96. The Morgan fingerprint density at radius 2 is 2.35 bits per heavy atom. The molecule has 0 amide bonds. The van der Waals surface area contributed by atoms with E-state index in [4.69, 9.17) is 9.84 Å². The highest BCUT2D eigenvalue weighted by atomic mass is 16.5. The molecule has 2 rings (SSSR count). The van der Waals surface area contributed by atoms with Gasteiger partial charge in [0.1, 0.15) is 0 Å². The molecule has 1 aromatic rings. The van der Waals surface area contributed by atoms with Crippen LogP contribution in [0.2, 0.25) is 0 Å². The molecule has 0 radical (unpaired) electrons. The van der Waals surface area contributed by atoms with Gasteiger partial charge < -0.3 is 15.2 Å². The van der Waals surface area contributed by atoms with E-state index in [9.17, 15) is 4.79 Å². The lowest BCUT2D eigenvalue weighted by Crippen LogP contribution is -2.27. The van der Waals surface area contributed by atoms with Crippen molar-refractivity contribution in [2.75, 3.05) is 18.5 Å². The lowest BCUT2D eigenvalue weighted by Gasteiger charge is -2.23. The van der Waals surface area contributed by atoms with E-state index in [1.165, 1.54) is 6.42 Å². The van der Waals surface area contributed by atoms with Crippen LogP contribution in [-0.4, -0.2) is 30.3 Å². The Balaban J connectivity index is 1.89. The topological polar surface area (TPSA) is 58.6 Å². The molecule has 4 heteroatoms. The minimum Gasteiger partial charge on any atom is -0.478 e. The van der Waals surface area contributed by atoms with Crippen molar-refractivity contribution in [2.24, 2.45) is 0 Å². The molecule has 0 spiro atoms. The molecular weight excluding hydrogens is 218 g/mol. The maximum absolute atomic E-state index is 10.8. The zero-order valence-corrected chi connectivity index (χ0v) is 9.69. The smallest absolute Gasteiger partial charge is 0.335 e. The largest absolute Gasteiger partial charge is 0.478 e. The van der Waals surface area contributed by atoms with Crippen molar-refractivity contribution < 1.29 is 14.6 Å². The van der Waals surface area contributed by atoms with E-state index in [1.54, 1.807) is 18.2 Å². The molecule has 1 saturated heterocycles. The van der Waals surface area contributed by atoms with Gasteiger partial charge in [0.2, 0.25) is 0 Å². The van der Waals surface area contributed by atoms with Crippen molar-refractivity contribution in [1.29, 1.82) is 0 Å². The number of hydrogen-bond donors (Lipinski definition) is 2. The Bertz CT molecular complexity index is 386. The van der Waals surface area contributed by atoms with E-state index in [1.807, 2.05) is 6.07 Å². The molecule has 92 valence electrons. The predicted octanol–water partition coefficient (Wildman–Crippen LogP) is 2.37. The molecule has 0 aliphatic carbocycles. The first-order chi connectivity index (χ1) is 8.25. The number of hydrogen-bond acceptors (Lipinski definition) is 3. The minimum atomic E-state index is -0.900. The number of nitrogens with one attached hydrogen (secondary N) is 1. The van der Waals surface area contributed by atoms with Gasteiger partial charge in [-0.2, -0.15) is 0 Å². The zero-order valence-electron chi connectivity index (χ0n) is 9.69. The standard InChI is InChI=1S/C13H17NO3/c15-13(16)10-4-3-5-11(8-10)14-9-12-6-1-2-7-17-12/h3-5,8,12,14H,1-2,6-7,9H2,(H,15,16). The molecule has 1 heterocycles. The van der Waals surface area contributed by atoms with Gasteiger partial charge in [-0.3, -0.25) is 0 Å². The number of anilines is 1. The highest BCUT2D eigenvalue weighted by Crippen LogP contribution is 2.15. The molecular formula is C13H17NO3. The molecule has 1 fully saturated rings. The van der Waals surface area contributed by atoms with Gasteiger partial charge in [-0.1, -0.05) is 6.07 Å². The van der Waals surface area contributed by atoms with Crippen molar-refractivity contribution in [1.82, 2.24) is 0 Å². The summed E-state index contributed by atoms with van der Waals surface area (Å²) in [5.41, 5.74) is 1.14. The highest BCUT2D eigenvalue weighted by molar-refractivity contribution is 5.88. The first-order valence-electron chi connectivity index (χ1n) is 5.94. The van der Waals surface area contributed by atoms with Crippen LogP contribution < -0.4 is 5.32 Å². The maximum atomic E-state index is 10.8. The van der Waals surface area contributed by atoms with Gasteiger partial charge in [-0.15, -0.1) is 0 Å². The summed E-state index contributed by atoms with van der Waals surface area (Å²) in [6, 6.07) is 6.85. The van der Waals surface area contributed by atoms with Crippen LogP contribution in [0.5, 0.6) is 0 Å². The predicted molar refractivity (Wildman–Crippen MR) is 65.5 cm³/mol. The van der Waals surface area contributed by atoms with Crippen LogP contribution >= 0.6 is 0 Å². The van der Waals surface area contributed by atoms with Crippen molar-refractivity contribution in [2.45, 2.75) is 25.4 Å². The third-order valence-electron chi connectivity index (χ3n) is 2.92. The van der Waals surface area contributed by atoms with Crippen LogP contribution in [0.4, 0.5) is 5.69 Å². The summed E-state index contributed by atoms with van der Waals surface area (Å²) < 4.78 is 5.60. The molecule has 1 unspecified atom stereocenters. The van der Waals surface area contributed by atoms with Crippen LogP contribution in [0, 0.1) is 0 Å². The van der Waals surface area contributed by atoms with E-state index in [0.717, 1.165) is 31.7 Å². The monoisotopic (exact) mass is 235 g/mol. The number of benzene rings is 1. The molecule has 17 heavy (non-hydrogen) atoms. The van der Waals surface area contributed by atoms with Crippen molar-refractivity contribution in [3.63, 3.8) is 0 Å². The Kier molecular flexibility index (Phi) is 3.98. The molecule has 0 bridgehead atoms. The zero-order chi connectivity index (χ0) is 12.1. The van der Waals surface area contributed by atoms with Gasteiger partial charge >= 0.3 is 5.97 Å². The lowest BCUT2D eigenvalue weighted by molar-refractivity contribution is 0.0247. The van der Waals surface area contributed by atoms with Crippen molar-refractivity contribution >= 4 is 11.7 Å². The highest BCUT2D eigenvalue weighted by Gasteiger charge is 2.13. The molecule has 1 aromatic carbocycles. The van der Waals surface area contributed by atoms with Crippen molar-refractivity contribution in [3.8, 4) is 0 Å². The SMILES string of the molecule is O=C(O)c1cccc(NCC2CCCCO2)c1. The summed E-state index contributed by atoms with van der Waals surface area (Å²) in [5.74, 6) is -0.900. The first-order valence-corrected chi connectivity index (χ1v) is 5.94. The molecule has 0 aromatic heterocycles. The number of carbonyl (C=O) groups is 1. The lowest BCUT2D eigenvalue weighted by atomic mass is 10.1. The number of carboxylic acids is 1. The third-order valence-corrected chi connectivity index (χ3v) is 2.92. The Hall–Kier alpha value is -1.55. The molecule has 4 nitrogen and oxygen atoms in total. The van der Waals surface area contributed by atoms with Crippen LogP contribution in [0.25, 0.3) is 0 Å². The average Bonchev–Trinajstić information content (AvgIpc) is 2.38. The van der Waals surface area contributed by atoms with Crippen LogP contribution in [0.3, 0.4) is 0 Å². The number of ether oxygens (including phenoxy) is 1. The fourth-order valence-corrected chi connectivity index (χ4v) is 1.96. The van der Waals surface area contributed by atoms with E-state index < -0.39 is 5.97 Å². The van der Waals surface area contributed by atoms with Crippen LogP contribution in [0.15, 0.2) is 24.3 Å². The third kappa shape index (κ3) is 3.46. The second-order valence-corrected chi connectivity index (χ2v) is 4.26. The summed E-state index contributed by atoms with van der Waals surface area (Å²) in [6.45, 7) is 1.57. The van der Waals surface area contributed by atoms with E-state index >= 15 is 0 Å². The Labute approximate surface area is 101 Å². The summed E-state index contributed by atoms with van der Waals surface area (Å²) in [7, 11) is 0. The van der Waals surface area contributed by atoms with Crippen LogP contribution in [0.1, 0.15) is 29.6 Å². The van der Waals surface area contributed by atoms with Gasteiger partial charge in [-0.25, -0.2) is 4.79 Å². The normalized spacial score (nSPS) is 19.9. The molecule has 1 aliphatic rings. The Morgan fingerprint density at radius 1 is 1.47 bits per heavy atom. The second-order valence-electron chi connectivity index (χ2n) is 4.26. The number of carboxylic acid groups (broad SMARTS) is 1. The average molecular weight is 235 g/mol. The number of rotatable bonds is 4. The van der Waals surface area contributed by atoms with E-state index in [2.05, 4.69) is 5.32 Å². The van der Waals surface area contributed by atoms with E-state index in [-0.39, 0.29) is 6.10 Å². The van der Waals surface area contributed by atoms with Gasteiger partial charge in [-0.05, 0) is 37.5 Å². The van der Waals surface area contributed by atoms with E-state index in [0.29, 0.717) is 5.56 Å². The van der Waals surface area contributed by atoms with Crippen LogP contribution in [-0.2, 0) is 4.74 Å². The molecule has 1 aliphatic heterocycles. The summed E-state index contributed by atoms with van der Waals surface area (Å²) in [4.78, 5) is 10.8. The molecule has 2 N–H and O–H groups in total. The summed E-state index contributed by atoms with van der Waals surface area (Å²) >= 11 is 0. The molecule has 1 atom stereocenters.